The van der Waals surface area contributed by atoms with Crippen molar-refractivity contribution < 1.29 is 9.59 Å². The number of hydrogen-bond acceptors (Lipinski definition) is 6. The fourth-order valence-electron chi connectivity index (χ4n) is 2.73. The van der Waals surface area contributed by atoms with Crippen LogP contribution in [0.2, 0.25) is 0 Å². The van der Waals surface area contributed by atoms with Crippen LogP contribution in [0.15, 0.2) is 35.6 Å². The van der Waals surface area contributed by atoms with Crippen LogP contribution in [0.25, 0.3) is 10.2 Å². The Balaban J connectivity index is 1.82. The van der Waals surface area contributed by atoms with Crippen molar-refractivity contribution in [1.82, 2.24) is 25.2 Å². The molecule has 2 amide bonds. The minimum absolute atomic E-state index is 0.0976. The van der Waals surface area contributed by atoms with E-state index in [-0.39, 0.29) is 23.9 Å². The smallest absolute Gasteiger partial charge is 0.262 e. The molecule has 146 valence electrons. The molecule has 0 atom stereocenters. The van der Waals surface area contributed by atoms with Gasteiger partial charge in [0.2, 0.25) is 5.91 Å². The second-order valence-corrected chi connectivity index (χ2v) is 7.31. The predicted octanol–water partition coefficient (Wildman–Crippen LogP) is 1.62. The summed E-state index contributed by atoms with van der Waals surface area (Å²) in [6.45, 7) is 4.48. The molecule has 0 aliphatic heterocycles. The highest BCUT2D eigenvalue weighted by atomic mass is 32.1. The third kappa shape index (κ3) is 4.25. The predicted molar refractivity (Wildman–Crippen MR) is 107 cm³/mol. The lowest BCUT2D eigenvalue weighted by Crippen LogP contribution is -2.32. The molecule has 0 unspecified atom stereocenters. The van der Waals surface area contributed by atoms with Crippen molar-refractivity contribution in [3.8, 4) is 0 Å². The highest BCUT2D eigenvalue weighted by Crippen LogP contribution is 2.26. The van der Waals surface area contributed by atoms with E-state index in [1.165, 1.54) is 22.2 Å². The zero-order valence-corrected chi connectivity index (χ0v) is 16.5. The van der Waals surface area contributed by atoms with Crippen LogP contribution in [-0.2, 0) is 17.9 Å². The van der Waals surface area contributed by atoms with Gasteiger partial charge in [0, 0.05) is 25.5 Å². The van der Waals surface area contributed by atoms with E-state index >= 15 is 0 Å². The van der Waals surface area contributed by atoms with E-state index < -0.39 is 0 Å². The zero-order valence-electron chi connectivity index (χ0n) is 15.7. The maximum absolute atomic E-state index is 12.8. The van der Waals surface area contributed by atoms with Crippen LogP contribution in [0.1, 0.15) is 34.1 Å². The maximum Gasteiger partial charge on any atom is 0.262 e. The number of thiophene rings is 1. The Kier molecular flexibility index (Phi) is 6.15. The summed E-state index contributed by atoms with van der Waals surface area (Å²) in [7, 11) is 0. The number of nitrogens with one attached hydrogen (secondary N) is 2. The first-order valence-corrected chi connectivity index (χ1v) is 9.75. The molecule has 0 aliphatic carbocycles. The van der Waals surface area contributed by atoms with Gasteiger partial charge in [0.05, 0.1) is 16.6 Å². The molecule has 3 heterocycles. The summed E-state index contributed by atoms with van der Waals surface area (Å²) in [5.41, 5.74) is 1.13. The summed E-state index contributed by atoms with van der Waals surface area (Å²) in [4.78, 5) is 46.5. The number of nitrogens with zero attached hydrogens (tertiary/aromatic N) is 3. The summed E-state index contributed by atoms with van der Waals surface area (Å²) in [6, 6.07) is 3.67. The highest BCUT2D eigenvalue weighted by Gasteiger charge is 2.20. The third-order valence-electron chi connectivity index (χ3n) is 4.19. The van der Waals surface area contributed by atoms with Gasteiger partial charge in [-0.05, 0) is 30.5 Å². The van der Waals surface area contributed by atoms with Crippen molar-refractivity contribution in [2.45, 2.75) is 33.4 Å². The Morgan fingerprint density at radius 2 is 2.11 bits per heavy atom. The lowest BCUT2D eigenvalue weighted by atomic mass is 10.2. The second kappa shape index (κ2) is 8.75. The van der Waals surface area contributed by atoms with Crippen molar-refractivity contribution in [1.29, 1.82) is 0 Å². The van der Waals surface area contributed by atoms with E-state index in [4.69, 9.17) is 0 Å². The molecule has 8 nitrogen and oxygen atoms in total. The first-order chi connectivity index (χ1) is 13.5. The first-order valence-electron chi connectivity index (χ1n) is 8.93. The van der Waals surface area contributed by atoms with Crippen LogP contribution in [0.5, 0.6) is 0 Å². The number of carbonyl (C=O) groups is 2. The van der Waals surface area contributed by atoms with E-state index in [9.17, 15) is 14.4 Å². The first kappa shape index (κ1) is 19.7. The molecular weight excluding hydrogens is 378 g/mol. The van der Waals surface area contributed by atoms with E-state index in [0.717, 1.165) is 12.0 Å². The number of hydrogen-bond donors (Lipinski definition) is 2. The minimum atomic E-state index is -0.322. The number of carbonyl (C=O) groups excluding carboxylic acids is 2. The van der Waals surface area contributed by atoms with Gasteiger partial charge in [0.1, 0.15) is 11.4 Å². The maximum atomic E-state index is 12.8. The summed E-state index contributed by atoms with van der Waals surface area (Å²) < 4.78 is 1.27. The van der Waals surface area contributed by atoms with Crippen molar-refractivity contribution >= 4 is 33.4 Å². The molecule has 3 rings (SSSR count). The molecule has 3 aromatic heterocycles. The van der Waals surface area contributed by atoms with Crippen LogP contribution in [0, 0.1) is 6.92 Å². The van der Waals surface area contributed by atoms with Gasteiger partial charge in [-0.3, -0.25) is 23.9 Å². The molecule has 0 saturated heterocycles. The van der Waals surface area contributed by atoms with Crippen molar-refractivity contribution in [3.63, 3.8) is 0 Å². The molecule has 0 bridgehead atoms. The zero-order chi connectivity index (χ0) is 20.1. The minimum Gasteiger partial charge on any atom is -0.355 e. The Morgan fingerprint density at radius 1 is 1.29 bits per heavy atom. The Labute approximate surface area is 165 Å². The molecule has 28 heavy (non-hydrogen) atoms. The monoisotopic (exact) mass is 399 g/mol. The van der Waals surface area contributed by atoms with Gasteiger partial charge >= 0.3 is 0 Å². The van der Waals surface area contributed by atoms with E-state index in [2.05, 4.69) is 20.6 Å². The number of pyridine rings is 1. The van der Waals surface area contributed by atoms with E-state index in [1.807, 2.05) is 13.0 Å². The quantitative estimate of drug-likeness (QED) is 0.628. The van der Waals surface area contributed by atoms with Gasteiger partial charge in [0.15, 0.2) is 0 Å². The number of rotatable bonds is 7. The number of fused-ring (bicyclic) bond motifs is 1. The largest absolute Gasteiger partial charge is 0.355 e. The van der Waals surface area contributed by atoms with Crippen LogP contribution >= 0.6 is 11.3 Å². The third-order valence-corrected chi connectivity index (χ3v) is 5.38. The van der Waals surface area contributed by atoms with Gasteiger partial charge in [0.25, 0.3) is 11.5 Å². The van der Waals surface area contributed by atoms with E-state index in [0.29, 0.717) is 33.7 Å². The molecule has 0 fully saturated rings. The fourth-order valence-corrected chi connectivity index (χ4v) is 3.78. The average Bonchev–Trinajstić information content (AvgIpc) is 3.05. The molecule has 2 N–H and O–H groups in total. The average molecular weight is 399 g/mol. The summed E-state index contributed by atoms with van der Waals surface area (Å²) in [6.07, 6.45) is 5.52. The molecular formula is C19H21N5O3S. The second-order valence-electron chi connectivity index (χ2n) is 6.31. The molecule has 0 spiro atoms. The Bertz CT molecular complexity index is 1060. The number of aromatic nitrogens is 3. The summed E-state index contributed by atoms with van der Waals surface area (Å²) in [5.74, 6) is -0.511. The van der Waals surface area contributed by atoms with Gasteiger partial charge in [-0.15, -0.1) is 11.3 Å². The van der Waals surface area contributed by atoms with Crippen LogP contribution in [0.4, 0.5) is 0 Å². The Morgan fingerprint density at radius 3 is 2.82 bits per heavy atom. The van der Waals surface area contributed by atoms with Gasteiger partial charge in [-0.1, -0.05) is 13.0 Å². The molecule has 0 aromatic carbocycles. The molecule has 0 saturated carbocycles. The van der Waals surface area contributed by atoms with Crippen LogP contribution in [0.3, 0.4) is 0 Å². The van der Waals surface area contributed by atoms with Gasteiger partial charge in [-0.2, -0.15) is 0 Å². The van der Waals surface area contributed by atoms with Crippen molar-refractivity contribution in [3.05, 3.63) is 57.2 Å². The van der Waals surface area contributed by atoms with Gasteiger partial charge in [-0.25, -0.2) is 4.98 Å². The highest BCUT2D eigenvalue weighted by molar-refractivity contribution is 7.20. The summed E-state index contributed by atoms with van der Waals surface area (Å²) >= 11 is 1.17. The SMILES string of the molecule is CCCNC(=O)Cn1cnc2sc(C(=O)NCc3cccnc3)c(C)c2c1=O. The molecule has 0 aliphatic rings. The summed E-state index contributed by atoms with van der Waals surface area (Å²) in [5, 5.41) is 5.95. The lowest BCUT2D eigenvalue weighted by molar-refractivity contribution is -0.121. The van der Waals surface area contributed by atoms with Crippen molar-refractivity contribution in [2.75, 3.05) is 6.54 Å². The topological polar surface area (TPSA) is 106 Å². The Hall–Kier alpha value is -3.07. The number of amides is 2. The lowest BCUT2D eigenvalue weighted by Gasteiger charge is -2.06. The van der Waals surface area contributed by atoms with Crippen LogP contribution < -0.4 is 16.2 Å². The standard InChI is InChI=1S/C19H21N5O3S/c1-3-6-21-14(25)10-24-11-23-18-15(19(24)27)12(2)16(28-18)17(26)22-9-13-5-4-7-20-8-13/h4-5,7-8,11H,3,6,9-10H2,1-2H3,(H,21,25)(H,22,26). The van der Waals surface area contributed by atoms with E-state index in [1.54, 1.807) is 25.4 Å². The molecule has 3 aromatic rings. The van der Waals surface area contributed by atoms with Crippen molar-refractivity contribution in [2.24, 2.45) is 0 Å². The molecule has 0 radical (unpaired) electrons. The molecule has 9 heteroatoms. The fraction of sp³-hybridized carbons (Fsp3) is 0.316. The normalized spacial score (nSPS) is 10.8. The van der Waals surface area contributed by atoms with Crippen LogP contribution in [-0.4, -0.2) is 32.9 Å². The van der Waals surface area contributed by atoms with Gasteiger partial charge < -0.3 is 10.6 Å². The number of aryl methyl sites for hydroxylation is 1.